The van der Waals surface area contributed by atoms with Crippen LogP contribution >= 0.6 is 0 Å². The van der Waals surface area contributed by atoms with E-state index in [9.17, 15) is 4.79 Å². The average Bonchev–Trinajstić information content (AvgIpc) is 2.70. The number of rotatable bonds is 5. The maximum Gasteiger partial charge on any atom is 0.305 e. The van der Waals surface area contributed by atoms with Gasteiger partial charge in [-0.05, 0) is 49.8 Å². The largest absolute Gasteiger partial charge is 0.474 e. The van der Waals surface area contributed by atoms with E-state index in [-0.39, 0.29) is 12.1 Å². The lowest BCUT2D eigenvalue weighted by Gasteiger charge is -2.28. The van der Waals surface area contributed by atoms with Gasteiger partial charge < -0.3 is 9.47 Å². The molecule has 0 atom stereocenters. The van der Waals surface area contributed by atoms with Gasteiger partial charge in [0.15, 0.2) is 0 Å². The van der Waals surface area contributed by atoms with E-state index in [2.05, 4.69) is 16.0 Å². The summed E-state index contributed by atoms with van der Waals surface area (Å²) in [5.41, 5.74) is 2.18. The zero-order valence-corrected chi connectivity index (χ0v) is 14.7. The summed E-state index contributed by atoms with van der Waals surface area (Å²) in [6.07, 6.45) is 7.67. The molecule has 6 nitrogen and oxygen atoms in total. The minimum Gasteiger partial charge on any atom is -0.474 e. The molecule has 1 aliphatic rings. The maximum atomic E-state index is 11.4. The summed E-state index contributed by atoms with van der Waals surface area (Å²) in [6.45, 7) is 0. The highest BCUT2D eigenvalue weighted by Crippen LogP contribution is 2.29. The lowest BCUT2D eigenvalue weighted by atomic mass is 9.85. The Bertz CT molecular complexity index is 773. The van der Waals surface area contributed by atoms with Gasteiger partial charge in [-0.25, -0.2) is 4.98 Å². The van der Waals surface area contributed by atoms with E-state index in [1.165, 1.54) is 7.11 Å². The van der Waals surface area contributed by atoms with Gasteiger partial charge in [-0.1, -0.05) is 0 Å². The minimum atomic E-state index is -0.136. The van der Waals surface area contributed by atoms with Crippen LogP contribution < -0.4 is 4.74 Å². The Hall–Kier alpha value is -2.94. The number of carbonyl (C=O) groups excluding carboxylic acids is 1. The van der Waals surface area contributed by atoms with Crippen LogP contribution in [0.2, 0.25) is 0 Å². The second-order valence-electron chi connectivity index (χ2n) is 6.47. The highest BCUT2D eigenvalue weighted by molar-refractivity contribution is 5.69. The predicted octanol–water partition coefficient (Wildman–Crippen LogP) is 3.52. The van der Waals surface area contributed by atoms with Crippen molar-refractivity contribution in [2.75, 3.05) is 7.11 Å². The summed E-state index contributed by atoms with van der Waals surface area (Å²) in [4.78, 5) is 20.0. The second kappa shape index (κ2) is 8.43. The van der Waals surface area contributed by atoms with Crippen LogP contribution in [0.4, 0.5) is 0 Å². The molecular formula is C20H21N3O3. The smallest absolute Gasteiger partial charge is 0.305 e. The first-order valence-corrected chi connectivity index (χ1v) is 8.74. The Morgan fingerprint density at radius 1 is 1.15 bits per heavy atom. The molecule has 0 aromatic carbocycles. The monoisotopic (exact) mass is 351 g/mol. The molecule has 3 rings (SSSR count). The van der Waals surface area contributed by atoms with Crippen molar-refractivity contribution >= 4 is 5.97 Å². The molecule has 0 radical (unpaired) electrons. The zero-order valence-electron chi connectivity index (χ0n) is 14.7. The van der Waals surface area contributed by atoms with Crippen LogP contribution in [-0.4, -0.2) is 29.2 Å². The molecule has 6 heteroatoms. The number of pyridine rings is 2. The molecule has 1 aliphatic carbocycles. The number of esters is 1. The van der Waals surface area contributed by atoms with Gasteiger partial charge in [-0.15, -0.1) is 0 Å². The first kappa shape index (κ1) is 17.9. The number of carbonyl (C=O) groups is 1. The number of hydrogen-bond acceptors (Lipinski definition) is 6. The summed E-state index contributed by atoms with van der Waals surface area (Å²) in [6, 6.07) is 9.35. The number of ether oxygens (including phenoxy) is 2. The van der Waals surface area contributed by atoms with E-state index in [4.69, 9.17) is 14.7 Å². The molecule has 0 N–H and O–H groups in total. The zero-order chi connectivity index (χ0) is 18.4. The maximum absolute atomic E-state index is 11.4. The molecule has 2 heterocycles. The lowest BCUT2D eigenvalue weighted by Crippen LogP contribution is -2.25. The summed E-state index contributed by atoms with van der Waals surface area (Å²) in [7, 11) is 1.43. The van der Waals surface area contributed by atoms with Crippen molar-refractivity contribution in [1.29, 1.82) is 5.26 Å². The Kier molecular flexibility index (Phi) is 5.80. The molecule has 0 saturated heterocycles. The minimum absolute atomic E-state index is 0.135. The third-order valence-corrected chi connectivity index (χ3v) is 4.69. The van der Waals surface area contributed by atoms with Crippen LogP contribution in [-0.2, 0) is 9.53 Å². The number of nitriles is 1. The van der Waals surface area contributed by atoms with Crippen LogP contribution in [0.15, 0.2) is 36.7 Å². The van der Waals surface area contributed by atoms with E-state index >= 15 is 0 Å². The number of nitrogens with zero attached hydrogens (tertiary/aromatic N) is 3. The summed E-state index contributed by atoms with van der Waals surface area (Å²) >= 11 is 0. The Labute approximate surface area is 152 Å². The predicted molar refractivity (Wildman–Crippen MR) is 95.2 cm³/mol. The van der Waals surface area contributed by atoms with Gasteiger partial charge in [0, 0.05) is 30.4 Å². The van der Waals surface area contributed by atoms with Crippen LogP contribution in [0, 0.1) is 17.2 Å². The summed E-state index contributed by atoms with van der Waals surface area (Å²) < 4.78 is 10.7. The quantitative estimate of drug-likeness (QED) is 0.766. The molecule has 26 heavy (non-hydrogen) atoms. The standard InChI is InChI=1S/C20H21N3O3/c1-25-20(24)10-14-2-6-17(7-3-14)26-19-9-5-16(13-23-19)18-8-4-15(11-21)12-22-18/h4-5,8-9,12-14,17H,2-3,6-7,10H2,1H3/t14-,17-. The fraction of sp³-hybridized carbons (Fsp3) is 0.400. The highest BCUT2D eigenvalue weighted by Gasteiger charge is 2.24. The van der Waals surface area contributed by atoms with Crippen molar-refractivity contribution in [1.82, 2.24) is 9.97 Å². The van der Waals surface area contributed by atoms with E-state index in [1.54, 1.807) is 24.5 Å². The highest BCUT2D eigenvalue weighted by atomic mass is 16.5. The Morgan fingerprint density at radius 2 is 1.96 bits per heavy atom. The van der Waals surface area contributed by atoms with Crippen molar-refractivity contribution < 1.29 is 14.3 Å². The van der Waals surface area contributed by atoms with E-state index in [1.807, 2.05) is 12.1 Å². The average molecular weight is 351 g/mol. The van der Waals surface area contributed by atoms with Gasteiger partial charge in [-0.2, -0.15) is 5.26 Å². The van der Waals surface area contributed by atoms with Gasteiger partial charge in [0.25, 0.3) is 0 Å². The third kappa shape index (κ3) is 4.57. The van der Waals surface area contributed by atoms with Gasteiger partial charge in [0.1, 0.15) is 12.2 Å². The molecule has 1 saturated carbocycles. The van der Waals surface area contributed by atoms with E-state index in [0.29, 0.717) is 23.8 Å². The third-order valence-electron chi connectivity index (χ3n) is 4.69. The number of hydrogen-bond donors (Lipinski definition) is 0. The van der Waals surface area contributed by atoms with Crippen LogP contribution in [0.5, 0.6) is 5.88 Å². The van der Waals surface area contributed by atoms with Crippen LogP contribution in [0.1, 0.15) is 37.7 Å². The summed E-state index contributed by atoms with van der Waals surface area (Å²) in [5, 5.41) is 8.82. The van der Waals surface area contributed by atoms with Crippen molar-refractivity contribution in [3.63, 3.8) is 0 Å². The Balaban J connectivity index is 1.53. The van der Waals surface area contributed by atoms with E-state index < -0.39 is 0 Å². The van der Waals surface area contributed by atoms with Crippen molar-refractivity contribution in [2.45, 2.75) is 38.2 Å². The van der Waals surface area contributed by atoms with Gasteiger partial charge in [0.2, 0.25) is 5.88 Å². The SMILES string of the molecule is COC(=O)C[C@H]1CC[C@H](Oc2ccc(-c3ccc(C#N)cn3)cn2)CC1. The Morgan fingerprint density at radius 3 is 2.54 bits per heavy atom. The van der Waals surface area contributed by atoms with E-state index in [0.717, 1.165) is 36.9 Å². The fourth-order valence-electron chi connectivity index (χ4n) is 3.18. The molecule has 0 aliphatic heterocycles. The molecule has 0 spiro atoms. The second-order valence-corrected chi connectivity index (χ2v) is 6.47. The molecule has 0 amide bonds. The van der Waals surface area contributed by atoms with Gasteiger partial charge in [-0.3, -0.25) is 9.78 Å². The molecule has 0 bridgehead atoms. The van der Waals surface area contributed by atoms with Gasteiger partial charge >= 0.3 is 5.97 Å². The van der Waals surface area contributed by atoms with Crippen molar-refractivity contribution in [3.8, 4) is 23.2 Å². The first-order valence-electron chi connectivity index (χ1n) is 8.74. The summed E-state index contributed by atoms with van der Waals surface area (Å²) in [5.74, 6) is 0.849. The number of methoxy groups -OCH3 is 1. The lowest BCUT2D eigenvalue weighted by molar-refractivity contribution is -0.142. The molecule has 2 aromatic heterocycles. The fourth-order valence-corrected chi connectivity index (χ4v) is 3.18. The van der Waals surface area contributed by atoms with Crippen molar-refractivity contribution in [2.24, 2.45) is 5.92 Å². The van der Waals surface area contributed by atoms with Crippen LogP contribution in [0.25, 0.3) is 11.3 Å². The van der Waals surface area contributed by atoms with Gasteiger partial charge in [0.05, 0.1) is 18.4 Å². The molecule has 1 fully saturated rings. The molecular weight excluding hydrogens is 330 g/mol. The molecule has 2 aromatic rings. The first-order chi connectivity index (χ1) is 12.7. The molecule has 0 unspecified atom stereocenters. The topological polar surface area (TPSA) is 85.1 Å². The number of aromatic nitrogens is 2. The van der Waals surface area contributed by atoms with Crippen molar-refractivity contribution in [3.05, 3.63) is 42.2 Å². The van der Waals surface area contributed by atoms with Crippen LogP contribution in [0.3, 0.4) is 0 Å². The normalized spacial score (nSPS) is 19.4. The molecule has 134 valence electrons.